The van der Waals surface area contributed by atoms with Gasteiger partial charge in [-0.25, -0.2) is 25.2 Å². The highest BCUT2D eigenvalue weighted by Crippen LogP contribution is 2.25. The number of rotatable bonds is 37. The van der Waals surface area contributed by atoms with E-state index in [4.69, 9.17) is 39.4 Å². The van der Waals surface area contributed by atoms with Crippen LogP contribution in [0.25, 0.3) is 0 Å². The first-order chi connectivity index (χ1) is 42.0. The molecule has 4 fully saturated rings. The van der Waals surface area contributed by atoms with E-state index in [1.54, 1.807) is 57.4 Å². The van der Waals surface area contributed by atoms with Gasteiger partial charge in [0.05, 0.1) is 65.7 Å². The number of allylic oxidation sites excluding steroid dienone is 1. The maximum Gasteiger partial charge on any atom is 0.334 e. The molecule has 90 heavy (non-hydrogen) atoms. The molecule has 0 radical (unpaired) electrons. The second kappa shape index (κ2) is 51.3. The number of halogens is 2. The van der Waals surface area contributed by atoms with Crippen molar-refractivity contribution < 1.29 is 141 Å². The quantitative estimate of drug-likeness (QED) is 0.00856. The fourth-order valence-electron chi connectivity index (χ4n) is 6.14. The molecule has 30 nitrogen and oxygen atoms in total. The van der Waals surface area contributed by atoms with E-state index in [1.807, 2.05) is 0 Å². The summed E-state index contributed by atoms with van der Waals surface area (Å²) in [5, 5.41) is 17.7. The van der Waals surface area contributed by atoms with Crippen LogP contribution < -0.4 is 46.3 Å². The van der Waals surface area contributed by atoms with Gasteiger partial charge in [-0.2, -0.15) is 0 Å². The molecule has 4 rings (SSSR count). The molecule has 0 unspecified atom stereocenters. The summed E-state index contributed by atoms with van der Waals surface area (Å²) < 4.78 is 19.3. The van der Waals surface area contributed by atoms with Gasteiger partial charge in [-0.3, -0.25) is 57.5 Å². The van der Waals surface area contributed by atoms with Gasteiger partial charge in [-0.15, -0.1) is 15.2 Å². The summed E-state index contributed by atoms with van der Waals surface area (Å²) in [6, 6.07) is 0. The van der Waals surface area contributed by atoms with Gasteiger partial charge in [0, 0.05) is 105 Å². The number of esters is 2. The molecule has 0 saturated carbocycles. The Morgan fingerprint density at radius 2 is 0.744 bits per heavy atom. The molecule has 9 amide bonds. The summed E-state index contributed by atoms with van der Waals surface area (Å²) in [5.41, 5.74) is 0.582. The highest BCUT2D eigenvalue weighted by molar-refractivity contribution is 8.77. The average molecular weight is 1430 g/mol. The van der Waals surface area contributed by atoms with Gasteiger partial charge in [0.25, 0.3) is 35.4 Å². The largest absolute Gasteiger partial charge is 1.00 e. The standard InChI is InChI=1S/C20H24N2O10.C14H16N2O8S2.C10H16N2O2S2.C8H16N2O2S2.2ClH/c1-13-2-4-15(24)21(13)12-14(23)3-7-18(27)30-10-11-31-19(28)8-9-20(29)32-22-16(25)5-6-17(22)26;17-9-1-2-10(18)15(9)23-13(21)5-7-25-26-8-6-14(22)24-16-11(19)3-4-12(16)20;1-3-9(13)11-5-7-15-16-8-6-12-10(14)4-2;1-11-7(9)3-5-13-14-6-4-8(10)12-2;;/h1-12H2;1-8H2;3-4H,1-2,5-8H2,(H,11,13)(H,12,14);9-10H,3-6H2,1-2H3;2*1H. The van der Waals surface area contributed by atoms with Crippen LogP contribution in [-0.4, -0.2) is 202 Å². The van der Waals surface area contributed by atoms with E-state index in [0.717, 1.165) is 35.9 Å². The zero-order valence-corrected chi connectivity index (χ0v) is 55.9. The van der Waals surface area contributed by atoms with Crippen LogP contribution in [0.15, 0.2) is 37.6 Å². The van der Waals surface area contributed by atoms with Crippen LogP contribution in [-0.2, 0) is 105 Å². The average Bonchev–Trinajstić information content (AvgIpc) is 3.16. The summed E-state index contributed by atoms with van der Waals surface area (Å²) >= 11 is 0. The van der Waals surface area contributed by atoms with E-state index in [9.17, 15) is 71.9 Å². The topological polar surface area (TPSA) is 409 Å². The second-order valence-corrected chi connectivity index (χ2v) is 25.5. The number of hydrogen-bond acceptors (Lipinski definition) is 28. The Labute approximate surface area is 555 Å². The van der Waals surface area contributed by atoms with Crippen molar-refractivity contribution in [2.24, 2.45) is 0 Å². The van der Waals surface area contributed by atoms with Crippen LogP contribution in [0, 0.1) is 0 Å². The highest BCUT2D eigenvalue weighted by Gasteiger charge is 2.35. The molecule has 0 aromatic carbocycles. The number of ketones is 1. The number of likely N-dealkylation sites (tertiary alicyclic amines) is 1. The van der Waals surface area contributed by atoms with Crippen molar-refractivity contribution in [1.82, 2.24) is 30.7 Å². The highest BCUT2D eigenvalue weighted by atomic mass is 35.5. The number of hydroxylamine groups is 6. The first-order valence-electron chi connectivity index (χ1n) is 26.8. The summed E-state index contributed by atoms with van der Waals surface area (Å²) in [6.45, 7) is 11.1. The molecule has 0 atom stereocenters. The zero-order chi connectivity index (χ0) is 65.8. The number of nitrogens with one attached hydrogen (secondary N) is 2. The maximum absolute atomic E-state index is 11.9. The minimum atomic E-state index is -0.930. The predicted octanol–water partition coefficient (Wildman–Crippen LogP) is -5.96. The summed E-state index contributed by atoms with van der Waals surface area (Å²) in [7, 11) is 12.6. The molecule has 38 heteroatoms. The fourth-order valence-corrected chi connectivity index (χ4v) is 11.9. The summed E-state index contributed by atoms with van der Waals surface area (Å²) in [4.78, 5) is 186. The molecule has 4 saturated heterocycles. The molecule has 0 aromatic rings. The van der Waals surface area contributed by atoms with Crippen LogP contribution in [0.5, 0.6) is 0 Å². The molecule has 4 aliphatic heterocycles. The molecule has 4 aliphatic rings. The van der Waals surface area contributed by atoms with Crippen LogP contribution in [0.4, 0.5) is 0 Å². The number of imide groups is 3. The lowest BCUT2D eigenvalue weighted by Crippen LogP contribution is -3.00. The summed E-state index contributed by atoms with van der Waals surface area (Å²) in [6.07, 6.45) is 4.00. The third-order valence-corrected chi connectivity index (χ3v) is 18.0. The molecular formula is C52H74Cl2N8O22S6. The lowest BCUT2D eigenvalue weighted by molar-refractivity contribution is -0.197. The van der Waals surface area contributed by atoms with Crippen molar-refractivity contribution in [2.75, 3.05) is 81.6 Å². The molecule has 0 spiro atoms. The van der Waals surface area contributed by atoms with Crippen molar-refractivity contribution in [3.8, 4) is 0 Å². The SMILES string of the molecule is C=C1CCC(=O)N1CC(=O)CCC(=O)OCCOC(=O)CCC(=O)ON1C(=O)CCC1=O.C=CC(=O)NCCSSCCNC(=O)C=C.COC(=[NH2+])CCSSCCC(=[NH2+])OC.O=C(CCSSCCC(=O)ON1C(=O)CCC1=O)ON1C(=O)CCC1=O.[Cl-].[Cl-]. The smallest absolute Gasteiger partial charge is 0.334 e. The molecular weight excluding hydrogens is 1350 g/mol. The third-order valence-electron chi connectivity index (χ3n) is 10.7. The molecule has 6 N–H and O–H groups in total. The van der Waals surface area contributed by atoms with Gasteiger partial charge >= 0.3 is 41.6 Å². The van der Waals surface area contributed by atoms with Gasteiger partial charge < -0.3 is 73.8 Å². The number of nitrogens with two attached hydrogens (primary N) is 2. The Kier molecular flexibility index (Phi) is 48.9. The van der Waals surface area contributed by atoms with Crippen LogP contribution in [0.1, 0.15) is 103 Å². The number of amides is 9. The molecule has 0 aliphatic carbocycles. The maximum atomic E-state index is 11.9. The lowest BCUT2D eigenvalue weighted by Gasteiger charge is -2.15. The van der Waals surface area contributed by atoms with Crippen molar-refractivity contribution >= 4 is 165 Å². The van der Waals surface area contributed by atoms with E-state index in [1.165, 1.54) is 38.6 Å². The molecule has 0 bridgehead atoms. The minimum Gasteiger partial charge on any atom is -1.00 e. The Morgan fingerprint density at radius 1 is 0.444 bits per heavy atom. The Bertz CT molecular complexity index is 2320. The Balaban J connectivity index is 0. The van der Waals surface area contributed by atoms with E-state index < -0.39 is 71.7 Å². The minimum absolute atomic E-state index is 0. The Morgan fingerprint density at radius 3 is 1.07 bits per heavy atom. The number of nitrogens with zero attached hydrogens (tertiary/aromatic N) is 4. The van der Waals surface area contributed by atoms with E-state index in [-0.39, 0.29) is 139 Å². The third kappa shape index (κ3) is 39.7. The zero-order valence-electron chi connectivity index (χ0n) is 49.5. The van der Waals surface area contributed by atoms with Crippen LogP contribution in [0.2, 0.25) is 0 Å². The number of methoxy groups -OCH3 is 2. The normalized spacial score (nSPS) is 13.8. The van der Waals surface area contributed by atoms with Gasteiger partial charge in [-0.1, -0.05) is 84.5 Å². The van der Waals surface area contributed by atoms with Crippen LogP contribution in [0.3, 0.4) is 0 Å². The predicted molar refractivity (Wildman–Crippen MR) is 325 cm³/mol. The number of hydrogen-bond donors (Lipinski definition) is 4. The number of carbonyl (C=O) groups excluding carboxylic acids is 15. The van der Waals surface area contributed by atoms with Gasteiger partial charge in [0.15, 0.2) is 5.78 Å². The Hall–Kier alpha value is -6.31. The first kappa shape index (κ1) is 85.8. The van der Waals surface area contributed by atoms with E-state index >= 15 is 0 Å². The van der Waals surface area contributed by atoms with E-state index in [0.29, 0.717) is 70.1 Å². The van der Waals surface area contributed by atoms with Gasteiger partial charge in [0.1, 0.15) is 13.2 Å². The van der Waals surface area contributed by atoms with Gasteiger partial charge in [-0.05, 0) is 18.6 Å². The molecule has 4 heterocycles. The molecule has 504 valence electrons. The van der Waals surface area contributed by atoms with Crippen LogP contribution >= 0.6 is 64.8 Å². The monoisotopic (exact) mass is 1420 g/mol. The van der Waals surface area contributed by atoms with Gasteiger partial charge in [0.2, 0.25) is 17.7 Å². The second-order valence-electron chi connectivity index (χ2n) is 17.4. The first-order valence-corrected chi connectivity index (χ1v) is 34.3. The van der Waals surface area contributed by atoms with Crippen molar-refractivity contribution in [2.45, 2.75) is 103 Å². The number of ether oxygens (including phenoxy) is 4. The fraction of sp³-hybridized carbons (Fsp3) is 0.558. The van der Waals surface area contributed by atoms with Crippen molar-refractivity contribution in [3.05, 3.63) is 37.6 Å². The van der Waals surface area contributed by atoms with E-state index in [2.05, 4.69) is 35.2 Å². The number of Topliss-reactive ketones (excluding diaryl/α,β-unsaturated/α-hetero) is 1. The molecule has 0 aromatic heterocycles. The number of carbonyl (C=O) groups is 15. The summed E-state index contributed by atoms with van der Waals surface area (Å²) in [5.74, 6) is -2.39. The lowest BCUT2D eigenvalue weighted by atomic mass is 10.2. The van der Waals surface area contributed by atoms with Crippen molar-refractivity contribution in [3.63, 3.8) is 0 Å². The van der Waals surface area contributed by atoms with Crippen molar-refractivity contribution in [1.29, 1.82) is 0 Å².